The Bertz CT molecular complexity index is 278. The van der Waals surface area contributed by atoms with Crippen molar-refractivity contribution in [2.24, 2.45) is 11.0 Å². The molecule has 4 nitrogen and oxygen atoms in total. The number of carbonyl (C=O) groups is 1. The fraction of sp³-hybridized carbons (Fsp3) is 0.700. The van der Waals surface area contributed by atoms with Crippen LogP contribution in [-0.2, 0) is 4.79 Å². The Hall–Kier alpha value is -1.37. The maximum absolute atomic E-state index is 11.0. The summed E-state index contributed by atoms with van der Waals surface area (Å²) in [7, 11) is 0. The number of rotatable bonds is 2. The lowest BCUT2D eigenvalue weighted by atomic mass is 9.89. The minimum atomic E-state index is -0.322. The molecule has 1 saturated carbocycles. The van der Waals surface area contributed by atoms with Crippen LogP contribution in [0.25, 0.3) is 0 Å². The quantitative estimate of drug-likeness (QED) is 0.676. The highest BCUT2D eigenvalue weighted by Crippen LogP contribution is 2.20. The van der Waals surface area contributed by atoms with Gasteiger partial charge in [-0.05, 0) is 25.2 Å². The molecule has 0 radical (unpaired) electrons. The maximum Gasteiger partial charge on any atom is 0.254 e. The number of nitriles is 1. The van der Waals surface area contributed by atoms with E-state index < -0.39 is 0 Å². The van der Waals surface area contributed by atoms with E-state index in [2.05, 4.69) is 17.5 Å². The second-order valence-corrected chi connectivity index (χ2v) is 3.62. The van der Waals surface area contributed by atoms with E-state index in [4.69, 9.17) is 5.26 Å². The summed E-state index contributed by atoms with van der Waals surface area (Å²) in [5, 5.41) is 12.3. The third kappa shape index (κ3) is 3.17. The minimum absolute atomic E-state index is 0.120. The van der Waals surface area contributed by atoms with Gasteiger partial charge in [0.05, 0.1) is 6.07 Å². The molecule has 1 atom stereocenters. The first-order chi connectivity index (χ1) is 6.74. The van der Waals surface area contributed by atoms with Crippen LogP contribution >= 0.6 is 0 Å². The van der Waals surface area contributed by atoms with Crippen molar-refractivity contribution >= 4 is 11.6 Å². The first-order valence-corrected chi connectivity index (χ1v) is 4.96. The Morgan fingerprint density at radius 1 is 1.71 bits per heavy atom. The second kappa shape index (κ2) is 5.38. The van der Waals surface area contributed by atoms with Crippen LogP contribution in [0.2, 0.25) is 0 Å². The van der Waals surface area contributed by atoms with E-state index in [0.29, 0.717) is 5.92 Å². The first kappa shape index (κ1) is 10.7. The lowest BCUT2D eigenvalue weighted by Crippen LogP contribution is -2.23. The van der Waals surface area contributed by atoms with Crippen molar-refractivity contribution in [3.63, 3.8) is 0 Å². The van der Waals surface area contributed by atoms with Crippen LogP contribution in [0.5, 0.6) is 0 Å². The summed E-state index contributed by atoms with van der Waals surface area (Å²) in [5.41, 5.74) is 3.47. The van der Waals surface area contributed by atoms with Crippen LogP contribution in [0.3, 0.4) is 0 Å². The number of hydrogen-bond donors (Lipinski definition) is 1. The summed E-state index contributed by atoms with van der Waals surface area (Å²) in [4.78, 5) is 11.0. The molecule has 0 aromatic rings. The molecule has 0 saturated heterocycles. The Morgan fingerprint density at radius 3 is 3.14 bits per heavy atom. The smallest absolute Gasteiger partial charge is 0.254 e. The molecule has 0 bridgehead atoms. The molecule has 0 aromatic carbocycles. The van der Waals surface area contributed by atoms with E-state index in [1.54, 1.807) is 6.07 Å². The highest BCUT2D eigenvalue weighted by atomic mass is 16.2. The summed E-state index contributed by atoms with van der Waals surface area (Å²) in [6.07, 6.45) is 4.38. The second-order valence-electron chi connectivity index (χ2n) is 3.62. The van der Waals surface area contributed by atoms with Gasteiger partial charge in [0.15, 0.2) is 0 Å². The highest BCUT2D eigenvalue weighted by molar-refractivity contribution is 5.88. The molecular weight excluding hydrogens is 178 g/mol. The van der Waals surface area contributed by atoms with E-state index in [9.17, 15) is 4.79 Å². The number of nitrogens with one attached hydrogen (secondary N) is 1. The van der Waals surface area contributed by atoms with Crippen LogP contribution in [0, 0.1) is 17.2 Å². The van der Waals surface area contributed by atoms with Gasteiger partial charge in [-0.25, -0.2) is 5.43 Å². The summed E-state index contributed by atoms with van der Waals surface area (Å²) < 4.78 is 0. The zero-order chi connectivity index (χ0) is 10.4. The summed E-state index contributed by atoms with van der Waals surface area (Å²) in [5.74, 6) is 0.143. The Kier molecular flexibility index (Phi) is 4.11. The largest absolute Gasteiger partial charge is 0.272 e. The molecule has 14 heavy (non-hydrogen) atoms. The normalized spacial score (nSPS) is 24.3. The molecule has 0 heterocycles. The van der Waals surface area contributed by atoms with Crippen molar-refractivity contribution in [3.05, 3.63) is 0 Å². The SMILES string of the molecule is CC1CCCCC1=NNC(=O)CC#N. The lowest BCUT2D eigenvalue weighted by Gasteiger charge is -2.19. The van der Waals surface area contributed by atoms with E-state index in [-0.39, 0.29) is 12.3 Å². The maximum atomic E-state index is 11.0. The van der Waals surface area contributed by atoms with E-state index >= 15 is 0 Å². The van der Waals surface area contributed by atoms with Crippen LogP contribution in [-0.4, -0.2) is 11.6 Å². The summed E-state index contributed by atoms with van der Waals surface area (Å²) >= 11 is 0. The predicted octanol–water partition coefficient (Wildman–Crippen LogP) is 1.58. The minimum Gasteiger partial charge on any atom is -0.272 e. The van der Waals surface area contributed by atoms with Crippen molar-refractivity contribution in [3.8, 4) is 6.07 Å². The Labute approximate surface area is 84.0 Å². The molecule has 0 spiro atoms. The highest BCUT2D eigenvalue weighted by Gasteiger charge is 2.15. The standard InChI is InChI=1S/C10H15N3O/c1-8-4-2-3-5-9(8)12-13-10(14)6-7-11/h8H,2-6H2,1H3,(H,13,14). The molecule has 1 fully saturated rings. The first-order valence-electron chi connectivity index (χ1n) is 4.96. The van der Waals surface area contributed by atoms with Crippen LogP contribution in [0.1, 0.15) is 39.0 Å². The molecule has 1 unspecified atom stereocenters. The molecule has 1 rings (SSSR count). The average molecular weight is 193 g/mol. The molecular formula is C10H15N3O. The number of carbonyl (C=O) groups excluding carboxylic acids is 1. The Balaban J connectivity index is 2.43. The third-order valence-electron chi connectivity index (χ3n) is 2.45. The van der Waals surface area contributed by atoms with Gasteiger partial charge in [-0.2, -0.15) is 10.4 Å². The van der Waals surface area contributed by atoms with Crippen molar-refractivity contribution in [2.45, 2.75) is 39.0 Å². The van der Waals surface area contributed by atoms with Gasteiger partial charge in [0.2, 0.25) is 0 Å². The number of hydrogen-bond acceptors (Lipinski definition) is 3. The number of amides is 1. The van der Waals surface area contributed by atoms with Crippen molar-refractivity contribution < 1.29 is 4.79 Å². The Morgan fingerprint density at radius 2 is 2.50 bits per heavy atom. The van der Waals surface area contributed by atoms with Gasteiger partial charge in [0, 0.05) is 5.71 Å². The summed E-state index contributed by atoms with van der Waals surface area (Å²) in [6.45, 7) is 2.12. The number of nitrogens with zero attached hydrogens (tertiary/aromatic N) is 2. The number of hydrazone groups is 1. The van der Waals surface area contributed by atoms with E-state index in [0.717, 1.165) is 25.0 Å². The van der Waals surface area contributed by atoms with E-state index in [1.165, 1.54) is 6.42 Å². The van der Waals surface area contributed by atoms with Gasteiger partial charge in [-0.1, -0.05) is 13.3 Å². The van der Waals surface area contributed by atoms with Crippen LogP contribution in [0.15, 0.2) is 5.10 Å². The van der Waals surface area contributed by atoms with Gasteiger partial charge >= 0.3 is 0 Å². The predicted molar refractivity (Wildman–Crippen MR) is 53.4 cm³/mol. The van der Waals surface area contributed by atoms with Gasteiger partial charge in [0.1, 0.15) is 6.42 Å². The fourth-order valence-corrected chi connectivity index (χ4v) is 1.58. The van der Waals surface area contributed by atoms with Crippen molar-refractivity contribution in [1.82, 2.24) is 5.43 Å². The van der Waals surface area contributed by atoms with Gasteiger partial charge < -0.3 is 0 Å². The molecule has 0 aliphatic heterocycles. The van der Waals surface area contributed by atoms with E-state index in [1.807, 2.05) is 0 Å². The fourth-order valence-electron chi connectivity index (χ4n) is 1.58. The third-order valence-corrected chi connectivity index (χ3v) is 2.45. The monoisotopic (exact) mass is 193 g/mol. The van der Waals surface area contributed by atoms with Crippen molar-refractivity contribution in [1.29, 1.82) is 5.26 Å². The zero-order valence-corrected chi connectivity index (χ0v) is 8.42. The van der Waals surface area contributed by atoms with Gasteiger partial charge in [-0.3, -0.25) is 4.79 Å². The van der Waals surface area contributed by atoms with Gasteiger partial charge in [-0.15, -0.1) is 0 Å². The van der Waals surface area contributed by atoms with Crippen LogP contribution < -0.4 is 5.43 Å². The molecule has 76 valence electrons. The molecule has 1 aliphatic carbocycles. The summed E-state index contributed by atoms with van der Waals surface area (Å²) in [6, 6.07) is 1.79. The molecule has 0 aromatic heterocycles. The topological polar surface area (TPSA) is 65.2 Å². The molecule has 1 amide bonds. The molecule has 4 heteroatoms. The molecule has 1 aliphatic rings. The lowest BCUT2D eigenvalue weighted by molar-refractivity contribution is -0.120. The van der Waals surface area contributed by atoms with Gasteiger partial charge in [0.25, 0.3) is 5.91 Å². The van der Waals surface area contributed by atoms with Crippen molar-refractivity contribution in [2.75, 3.05) is 0 Å². The average Bonchev–Trinajstić information content (AvgIpc) is 2.17. The van der Waals surface area contributed by atoms with Crippen LogP contribution in [0.4, 0.5) is 0 Å². The zero-order valence-electron chi connectivity index (χ0n) is 8.42. The molecule has 1 N–H and O–H groups in total.